The highest BCUT2D eigenvalue weighted by Gasteiger charge is 2.33. The molecule has 2 amide bonds. The molecule has 96 valence electrons. The summed E-state index contributed by atoms with van der Waals surface area (Å²) in [4.78, 5) is 25.5. The lowest BCUT2D eigenvalue weighted by molar-refractivity contribution is -0.147. The topological polar surface area (TPSA) is 49.4 Å². The molecule has 2 unspecified atom stereocenters. The van der Waals surface area contributed by atoms with E-state index in [1.807, 2.05) is 6.92 Å². The zero-order valence-corrected chi connectivity index (χ0v) is 10.6. The lowest BCUT2D eigenvalue weighted by Gasteiger charge is -2.35. The van der Waals surface area contributed by atoms with E-state index in [4.69, 9.17) is 0 Å². The molecule has 2 fully saturated rings. The van der Waals surface area contributed by atoms with Gasteiger partial charge in [-0.25, -0.2) is 0 Å². The Hall–Kier alpha value is -0.900. The summed E-state index contributed by atoms with van der Waals surface area (Å²) >= 11 is 0. The van der Waals surface area contributed by atoms with Gasteiger partial charge >= 0.3 is 0 Å². The van der Waals surface area contributed by atoms with E-state index in [1.54, 1.807) is 4.90 Å². The first-order valence-electron chi connectivity index (χ1n) is 6.76. The number of imide groups is 1. The molecule has 2 aliphatic heterocycles. The van der Waals surface area contributed by atoms with Gasteiger partial charge in [0.15, 0.2) is 0 Å². The van der Waals surface area contributed by atoms with Crippen molar-refractivity contribution < 1.29 is 9.59 Å². The second kappa shape index (κ2) is 5.63. The average Bonchev–Trinajstić information content (AvgIpc) is 2.51. The van der Waals surface area contributed by atoms with Gasteiger partial charge in [0.2, 0.25) is 11.8 Å². The van der Waals surface area contributed by atoms with Crippen LogP contribution in [-0.4, -0.2) is 35.8 Å². The molecule has 0 aromatic carbocycles. The summed E-state index contributed by atoms with van der Waals surface area (Å²) in [7, 11) is 0. The molecule has 0 aromatic heterocycles. The number of piperidine rings is 1. The second-order valence-electron chi connectivity index (χ2n) is 5.21. The highest BCUT2D eigenvalue weighted by molar-refractivity contribution is 5.96. The van der Waals surface area contributed by atoms with Gasteiger partial charge < -0.3 is 5.32 Å². The zero-order valence-electron chi connectivity index (χ0n) is 10.6. The minimum atomic E-state index is 0.0329. The van der Waals surface area contributed by atoms with Crippen molar-refractivity contribution in [1.82, 2.24) is 10.2 Å². The average molecular weight is 238 g/mol. The first kappa shape index (κ1) is 12.6. The summed E-state index contributed by atoms with van der Waals surface area (Å²) in [6.07, 6.45) is 5.05. The van der Waals surface area contributed by atoms with Gasteiger partial charge in [-0.3, -0.25) is 14.5 Å². The molecule has 0 spiro atoms. The monoisotopic (exact) mass is 238 g/mol. The fourth-order valence-electron chi connectivity index (χ4n) is 2.89. The Balaban J connectivity index is 2.06. The summed E-state index contributed by atoms with van der Waals surface area (Å²) in [5.41, 5.74) is 0. The summed E-state index contributed by atoms with van der Waals surface area (Å²) in [5, 5.41) is 3.35. The maximum absolute atomic E-state index is 12.0. The zero-order chi connectivity index (χ0) is 12.3. The number of nitrogens with one attached hydrogen (secondary N) is 1. The van der Waals surface area contributed by atoms with Crippen molar-refractivity contribution in [3.05, 3.63) is 0 Å². The van der Waals surface area contributed by atoms with E-state index < -0.39 is 0 Å². The molecular formula is C13H22N2O2. The van der Waals surface area contributed by atoms with Crippen LogP contribution < -0.4 is 5.32 Å². The van der Waals surface area contributed by atoms with E-state index >= 15 is 0 Å². The Labute approximate surface area is 103 Å². The van der Waals surface area contributed by atoms with Crippen LogP contribution >= 0.6 is 0 Å². The Morgan fingerprint density at radius 1 is 1.18 bits per heavy atom. The van der Waals surface area contributed by atoms with Crippen LogP contribution in [0.25, 0.3) is 0 Å². The molecule has 2 rings (SSSR count). The van der Waals surface area contributed by atoms with Gasteiger partial charge in [0.05, 0.1) is 0 Å². The Morgan fingerprint density at radius 2 is 1.82 bits per heavy atom. The van der Waals surface area contributed by atoms with Crippen molar-refractivity contribution in [2.24, 2.45) is 5.92 Å². The lowest BCUT2D eigenvalue weighted by Crippen LogP contribution is -2.49. The minimum Gasteiger partial charge on any atom is -0.316 e. The number of hydrogen-bond acceptors (Lipinski definition) is 3. The van der Waals surface area contributed by atoms with Crippen LogP contribution in [0.15, 0.2) is 0 Å². The molecule has 1 N–H and O–H groups in total. The molecule has 2 saturated heterocycles. The van der Waals surface area contributed by atoms with Crippen LogP contribution in [0.1, 0.15) is 45.4 Å². The largest absolute Gasteiger partial charge is 0.316 e. The quantitative estimate of drug-likeness (QED) is 0.738. The van der Waals surface area contributed by atoms with Crippen molar-refractivity contribution in [3.63, 3.8) is 0 Å². The Bertz CT molecular complexity index is 280. The highest BCUT2D eigenvalue weighted by atomic mass is 16.2. The molecule has 17 heavy (non-hydrogen) atoms. The molecular weight excluding hydrogens is 216 g/mol. The minimum absolute atomic E-state index is 0.0329. The third kappa shape index (κ3) is 2.86. The number of rotatable bonds is 2. The van der Waals surface area contributed by atoms with Crippen LogP contribution in [0.3, 0.4) is 0 Å². The molecule has 0 saturated carbocycles. The summed E-state index contributed by atoms with van der Waals surface area (Å²) < 4.78 is 0. The van der Waals surface area contributed by atoms with Crippen LogP contribution in [0.2, 0.25) is 0 Å². The Morgan fingerprint density at radius 3 is 2.35 bits per heavy atom. The van der Waals surface area contributed by atoms with Crippen LogP contribution in [0.5, 0.6) is 0 Å². The van der Waals surface area contributed by atoms with Crippen molar-refractivity contribution in [3.8, 4) is 0 Å². The predicted molar refractivity (Wildman–Crippen MR) is 65.4 cm³/mol. The van der Waals surface area contributed by atoms with Crippen molar-refractivity contribution in [2.75, 3.05) is 13.1 Å². The molecule has 0 radical (unpaired) electrons. The molecule has 2 aliphatic rings. The standard InChI is InChI=1S/C13H22N2O2/c1-10(11-5-4-8-14-9-11)15-12(16)6-2-3-7-13(15)17/h10-11,14H,2-9H2,1H3. The summed E-state index contributed by atoms with van der Waals surface area (Å²) in [5.74, 6) is 0.492. The van der Waals surface area contributed by atoms with Gasteiger partial charge in [0.1, 0.15) is 0 Å². The maximum Gasteiger partial charge on any atom is 0.229 e. The number of amides is 2. The van der Waals surface area contributed by atoms with Crippen LogP contribution in [0.4, 0.5) is 0 Å². The van der Waals surface area contributed by atoms with Gasteiger partial charge in [-0.05, 0) is 51.6 Å². The third-order valence-corrected chi connectivity index (χ3v) is 3.99. The molecule has 4 heteroatoms. The van der Waals surface area contributed by atoms with E-state index in [0.29, 0.717) is 18.8 Å². The van der Waals surface area contributed by atoms with Crippen molar-refractivity contribution in [1.29, 1.82) is 0 Å². The van der Waals surface area contributed by atoms with Gasteiger partial charge in [-0.2, -0.15) is 0 Å². The first-order valence-corrected chi connectivity index (χ1v) is 6.76. The van der Waals surface area contributed by atoms with E-state index in [1.165, 1.54) is 0 Å². The van der Waals surface area contributed by atoms with Gasteiger partial charge in [0.25, 0.3) is 0 Å². The summed E-state index contributed by atoms with van der Waals surface area (Å²) in [6.45, 7) is 4.02. The Kier molecular flexibility index (Phi) is 4.15. The number of carbonyl (C=O) groups excluding carboxylic acids is 2. The van der Waals surface area contributed by atoms with E-state index in [9.17, 15) is 9.59 Å². The number of nitrogens with zero attached hydrogens (tertiary/aromatic N) is 1. The van der Waals surface area contributed by atoms with Crippen LogP contribution in [0, 0.1) is 5.92 Å². The lowest BCUT2D eigenvalue weighted by atomic mass is 9.91. The highest BCUT2D eigenvalue weighted by Crippen LogP contribution is 2.23. The second-order valence-corrected chi connectivity index (χ2v) is 5.21. The normalized spacial score (nSPS) is 29.0. The fraction of sp³-hybridized carbons (Fsp3) is 0.846. The van der Waals surface area contributed by atoms with E-state index in [2.05, 4.69) is 5.32 Å². The SMILES string of the molecule is CC(C1CCCNC1)N1C(=O)CCCCC1=O. The summed E-state index contributed by atoms with van der Waals surface area (Å²) in [6, 6.07) is 0.0564. The predicted octanol–water partition coefficient (Wildman–Crippen LogP) is 1.30. The smallest absolute Gasteiger partial charge is 0.229 e. The molecule has 2 atom stereocenters. The van der Waals surface area contributed by atoms with E-state index in [0.717, 1.165) is 38.8 Å². The molecule has 4 nitrogen and oxygen atoms in total. The molecule has 0 aromatic rings. The number of likely N-dealkylation sites (tertiary alicyclic amines) is 1. The van der Waals surface area contributed by atoms with Crippen LogP contribution in [-0.2, 0) is 9.59 Å². The third-order valence-electron chi connectivity index (χ3n) is 3.99. The first-order chi connectivity index (χ1) is 8.20. The van der Waals surface area contributed by atoms with Crippen molar-refractivity contribution in [2.45, 2.75) is 51.5 Å². The molecule has 0 aliphatic carbocycles. The van der Waals surface area contributed by atoms with Gasteiger partial charge in [-0.1, -0.05) is 0 Å². The van der Waals surface area contributed by atoms with Crippen molar-refractivity contribution >= 4 is 11.8 Å². The number of carbonyl (C=O) groups is 2. The fourth-order valence-corrected chi connectivity index (χ4v) is 2.89. The van der Waals surface area contributed by atoms with Gasteiger partial charge in [-0.15, -0.1) is 0 Å². The van der Waals surface area contributed by atoms with E-state index in [-0.39, 0.29) is 17.9 Å². The maximum atomic E-state index is 12.0. The van der Waals surface area contributed by atoms with Gasteiger partial charge in [0, 0.05) is 18.9 Å². The molecule has 0 bridgehead atoms. The number of hydrogen-bond donors (Lipinski definition) is 1. The molecule has 2 heterocycles.